The Labute approximate surface area is 110 Å². The summed E-state index contributed by atoms with van der Waals surface area (Å²) >= 11 is 0. The van der Waals surface area contributed by atoms with E-state index < -0.39 is 0 Å². The number of hydrogen-bond acceptors (Lipinski definition) is 5. The molecule has 1 aromatic rings. The molecule has 0 spiro atoms. The van der Waals surface area contributed by atoms with Gasteiger partial charge in [0.1, 0.15) is 5.69 Å². The van der Waals surface area contributed by atoms with E-state index in [1.54, 1.807) is 27.8 Å². The van der Waals surface area contributed by atoms with Gasteiger partial charge in [-0.1, -0.05) is 27.7 Å². The van der Waals surface area contributed by atoms with E-state index >= 15 is 0 Å². The largest absolute Gasteiger partial charge is 0.350 e. The number of aryl methyl sites for hydroxylation is 1. The number of nitrogens with two attached hydrogens (primary N) is 1. The van der Waals surface area contributed by atoms with E-state index in [0.717, 1.165) is 17.1 Å². The van der Waals surface area contributed by atoms with Gasteiger partial charge in [-0.2, -0.15) is 0 Å². The second-order valence-electron chi connectivity index (χ2n) is 3.36. The van der Waals surface area contributed by atoms with E-state index in [1.807, 2.05) is 19.1 Å². The van der Waals surface area contributed by atoms with Crippen molar-refractivity contribution in [3.63, 3.8) is 0 Å². The predicted octanol–water partition coefficient (Wildman–Crippen LogP) is 1.46. The van der Waals surface area contributed by atoms with Crippen LogP contribution in [0, 0.1) is 6.92 Å². The van der Waals surface area contributed by atoms with Crippen molar-refractivity contribution >= 4 is 27.5 Å². The fourth-order valence-corrected chi connectivity index (χ4v) is 2.94. The normalized spacial score (nSPS) is 10.2. The highest BCUT2D eigenvalue weighted by Gasteiger charge is 2.08. The third-order valence-electron chi connectivity index (χ3n) is 1.98. The molecule has 0 aliphatic carbocycles. The predicted molar refractivity (Wildman–Crippen MR) is 75.3 cm³/mol. The maximum Gasteiger partial charge on any atom is 0.270 e. The summed E-state index contributed by atoms with van der Waals surface area (Å²) < 4.78 is 0. The van der Waals surface area contributed by atoms with Gasteiger partial charge in [-0.3, -0.25) is 9.78 Å². The first-order chi connectivity index (χ1) is 8.25. The Morgan fingerprint density at radius 1 is 1.47 bits per heavy atom. The van der Waals surface area contributed by atoms with Crippen LogP contribution in [-0.4, -0.2) is 35.5 Å². The molecule has 0 unspecified atom stereocenters. The molecule has 17 heavy (non-hydrogen) atoms. The number of aromatic nitrogens is 1. The number of pyridine rings is 1. The SMILES string of the molecule is Cc1cccnc1C(=O)NCCSSCCN. The van der Waals surface area contributed by atoms with Crippen molar-refractivity contribution in [1.82, 2.24) is 10.3 Å². The molecule has 4 nitrogen and oxygen atoms in total. The van der Waals surface area contributed by atoms with Gasteiger partial charge in [0.2, 0.25) is 0 Å². The van der Waals surface area contributed by atoms with Gasteiger partial charge in [0.15, 0.2) is 0 Å². The summed E-state index contributed by atoms with van der Waals surface area (Å²) in [6.07, 6.45) is 1.63. The minimum atomic E-state index is -0.104. The van der Waals surface area contributed by atoms with Crippen molar-refractivity contribution in [1.29, 1.82) is 0 Å². The standard InChI is InChI=1S/C11H17N3OS2/c1-9-3-2-5-13-10(9)11(15)14-6-8-17-16-7-4-12/h2-3,5H,4,6-8,12H2,1H3,(H,14,15). The molecule has 0 fully saturated rings. The van der Waals surface area contributed by atoms with Crippen molar-refractivity contribution in [2.24, 2.45) is 5.73 Å². The van der Waals surface area contributed by atoms with Crippen LogP contribution in [-0.2, 0) is 0 Å². The second kappa shape index (κ2) is 8.38. The molecular weight excluding hydrogens is 254 g/mol. The molecule has 0 saturated heterocycles. The van der Waals surface area contributed by atoms with Gasteiger partial charge in [0.25, 0.3) is 5.91 Å². The Kier molecular flexibility index (Phi) is 7.07. The number of nitrogens with zero attached hydrogens (tertiary/aromatic N) is 1. The van der Waals surface area contributed by atoms with Crippen molar-refractivity contribution in [3.8, 4) is 0 Å². The van der Waals surface area contributed by atoms with Crippen LogP contribution < -0.4 is 11.1 Å². The zero-order chi connectivity index (χ0) is 12.5. The van der Waals surface area contributed by atoms with Crippen molar-refractivity contribution in [2.75, 3.05) is 24.6 Å². The maximum atomic E-state index is 11.7. The molecule has 0 saturated carbocycles. The first kappa shape index (κ1) is 14.3. The highest BCUT2D eigenvalue weighted by Crippen LogP contribution is 2.18. The topological polar surface area (TPSA) is 68.0 Å². The lowest BCUT2D eigenvalue weighted by molar-refractivity contribution is 0.0950. The van der Waals surface area contributed by atoms with Gasteiger partial charge in [-0.05, 0) is 18.6 Å². The Morgan fingerprint density at radius 2 is 2.24 bits per heavy atom. The number of rotatable bonds is 7. The highest BCUT2D eigenvalue weighted by molar-refractivity contribution is 8.76. The minimum absolute atomic E-state index is 0.104. The first-order valence-corrected chi connectivity index (χ1v) is 7.89. The van der Waals surface area contributed by atoms with Gasteiger partial charge in [-0.25, -0.2) is 0 Å². The van der Waals surface area contributed by atoms with E-state index in [4.69, 9.17) is 5.73 Å². The van der Waals surface area contributed by atoms with Crippen LogP contribution in [0.5, 0.6) is 0 Å². The van der Waals surface area contributed by atoms with Gasteiger partial charge in [0, 0.05) is 30.8 Å². The molecule has 0 aliphatic heterocycles. The van der Waals surface area contributed by atoms with E-state index in [2.05, 4.69) is 10.3 Å². The maximum absolute atomic E-state index is 11.7. The number of carbonyl (C=O) groups excluding carboxylic acids is 1. The summed E-state index contributed by atoms with van der Waals surface area (Å²) in [5.41, 5.74) is 6.78. The van der Waals surface area contributed by atoms with E-state index in [-0.39, 0.29) is 5.91 Å². The molecular formula is C11H17N3OS2. The summed E-state index contributed by atoms with van der Waals surface area (Å²) in [5, 5.41) is 2.85. The van der Waals surface area contributed by atoms with Gasteiger partial charge in [-0.15, -0.1) is 0 Å². The first-order valence-electron chi connectivity index (χ1n) is 5.40. The quantitative estimate of drug-likeness (QED) is 0.580. The monoisotopic (exact) mass is 271 g/mol. The lowest BCUT2D eigenvalue weighted by Crippen LogP contribution is -2.27. The molecule has 0 aliphatic rings. The van der Waals surface area contributed by atoms with Crippen LogP contribution in [0.25, 0.3) is 0 Å². The van der Waals surface area contributed by atoms with E-state index in [1.165, 1.54) is 0 Å². The average molecular weight is 271 g/mol. The Hall–Kier alpha value is -0.720. The number of nitrogens with one attached hydrogen (secondary N) is 1. The van der Waals surface area contributed by atoms with Crippen molar-refractivity contribution < 1.29 is 4.79 Å². The van der Waals surface area contributed by atoms with E-state index in [0.29, 0.717) is 18.8 Å². The van der Waals surface area contributed by atoms with E-state index in [9.17, 15) is 4.79 Å². The molecule has 1 amide bonds. The molecule has 0 radical (unpaired) electrons. The van der Waals surface area contributed by atoms with Gasteiger partial charge >= 0.3 is 0 Å². The fourth-order valence-electron chi connectivity index (χ4n) is 1.18. The molecule has 0 atom stereocenters. The number of amides is 1. The molecule has 1 heterocycles. The van der Waals surface area contributed by atoms with Crippen LogP contribution >= 0.6 is 21.6 Å². The summed E-state index contributed by atoms with van der Waals surface area (Å²) in [5.74, 6) is 1.72. The fraction of sp³-hybridized carbons (Fsp3) is 0.455. The van der Waals surface area contributed by atoms with Crippen molar-refractivity contribution in [3.05, 3.63) is 29.6 Å². The molecule has 94 valence electrons. The van der Waals surface area contributed by atoms with Gasteiger partial charge in [0.05, 0.1) is 0 Å². The van der Waals surface area contributed by atoms with Crippen LogP contribution in [0.2, 0.25) is 0 Å². The summed E-state index contributed by atoms with van der Waals surface area (Å²) in [7, 11) is 3.45. The third kappa shape index (κ3) is 5.43. The molecule has 1 rings (SSSR count). The van der Waals surface area contributed by atoms with Crippen LogP contribution in [0.1, 0.15) is 16.1 Å². The lowest BCUT2D eigenvalue weighted by atomic mass is 10.2. The Morgan fingerprint density at radius 3 is 2.94 bits per heavy atom. The average Bonchev–Trinajstić information content (AvgIpc) is 2.34. The molecule has 6 heteroatoms. The minimum Gasteiger partial charge on any atom is -0.350 e. The zero-order valence-electron chi connectivity index (χ0n) is 9.81. The zero-order valence-corrected chi connectivity index (χ0v) is 11.4. The summed E-state index contributed by atoms with van der Waals surface area (Å²) in [6, 6.07) is 3.71. The van der Waals surface area contributed by atoms with Gasteiger partial charge < -0.3 is 11.1 Å². The van der Waals surface area contributed by atoms with Crippen molar-refractivity contribution in [2.45, 2.75) is 6.92 Å². The molecule has 0 aromatic carbocycles. The smallest absolute Gasteiger partial charge is 0.270 e. The summed E-state index contributed by atoms with van der Waals surface area (Å²) in [4.78, 5) is 15.8. The Balaban J connectivity index is 2.24. The molecule has 1 aromatic heterocycles. The lowest BCUT2D eigenvalue weighted by Gasteiger charge is -2.05. The third-order valence-corrected chi connectivity index (χ3v) is 4.42. The molecule has 0 bridgehead atoms. The number of carbonyl (C=O) groups is 1. The summed E-state index contributed by atoms with van der Waals surface area (Å²) in [6.45, 7) is 3.22. The van der Waals surface area contributed by atoms with Crippen LogP contribution in [0.3, 0.4) is 0 Å². The Bertz CT molecular complexity index is 360. The second-order valence-corrected chi connectivity index (χ2v) is 6.06. The van der Waals surface area contributed by atoms with Crippen LogP contribution in [0.4, 0.5) is 0 Å². The van der Waals surface area contributed by atoms with Crippen LogP contribution in [0.15, 0.2) is 18.3 Å². The molecule has 3 N–H and O–H groups in total. The highest BCUT2D eigenvalue weighted by atomic mass is 33.1. The number of hydrogen-bond donors (Lipinski definition) is 2.